The zero-order chi connectivity index (χ0) is 17.4. The number of rotatable bonds is 2. The van der Waals surface area contributed by atoms with Gasteiger partial charge in [0.15, 0.2) is 0 Å². The zero-order valence-corrected chi connectivity index (χ0v) is 13.8. The molecule has 122 valence electrons. The van der Waals surface area contributed by atoms with E-state index in [-0.39, 0.29) is 11.5 Å². The van der Waals surface area contributed by atoms with Crippen LogP contribution in [0, 0.1) is 6.92 Å². The maximum atomic E-state index is 10.4. The Morgan fingerprint density at radius 1 is 0.680 bits per heavy atom. The number of hydrogen-bond donors (Lipinski definition) is 2. The van der Waals surface area contributed by atoms with Crippen LogP contribution in [0.25, 0.3) is 33.2 Å². The van der Waals surface area contributed by atoms with E-state index in [1.165, 1.54) is 0 Å². The third-order valence-corrected chi connectivity index (χ3v) is 4.40. The number of nitrogens with zero attached hydrogens (tertiary/aromatic N) is 1. The van der Waals surface area contributed by atoms with E-state index in [9.17, 15) is 10.2 Å². The van der Waals surface area contributed by atoms with Crippen molar-refractivity contribution >= 4 is 10.9 Å². The number of phenols is 1. The molecule has 0 fully saturated rings. The Kier molecular flexibility index (Phi) is 3.62. The SMILES string of the molecule is Cc1nc2c(-c3cc(-c4ccccc4)ccc3O)cccc2cc1O. The summed E-state index contributed by atoms with van der Waals surface area (Å²) in [4.78, 5) is 4.53. The van der Waals surface area contributed by atoms with Gasteiger partial charge in [-0.05, 0) is 36.2 Å². The summed E-state index contributed by atoms with van der Waals surface area (Å²) >= 11 is 0. The number of benzene rings is 3. The molecule has 0 saturated carbocycles. The Balaban J connectivity index is 1.96. The highest BCUT2D eigenvalue weighted by molar-refractivity contribution is 5.96. The molecule has 0 saturated heterocycles. The van der Waals surface area contributed by atoms with Crippen molar-refractivity contribution in [3.8, 4) is 33.8 Å². The molecular formula is C22H17NO2. The highest BCUT2D eigenvalue weighted by Crippen LogP contribution is 2.37. The Morgan fingerprint density at radius 2 is 1.48 bits per heavy atom. The van der Waals surface area contributed by atoms with Gasteiger partial charge in [0.2, 0.25) is 0 Å². The molecule has 25 heavy (non-hydrogen) atoms. The second-order valence-electron chi connectivity index (χ2n) is 6.07. The molecule has 0 aliphatic rings. The molecule has 0 aliphatic heterocycles. The van der Waals surface area contributed by atoms with E-state index < -0.39 is 0 Å². The van der Waals surface area contributed by atoms with Crippen molar-refractivity contribution in [3.05, 3.63) is 78.5 Å². The molecule has 2 N–H and O–H groups in total. The Bertz CT molecular complexity index is 1070. The van der Waals surface area contributed by atoms with Gasteiger partial charge in [-0.15, -0.1) is 0 Å². The van der Waals surface area contributed by atoms with Crippen molar-refractivity contribution in [1.29, 1.82) is 0 Å². The van der Waals surface area contributed by atoms with Gasteiger partial charge in [-0.3, -0.25) is 0 Å². The average molecular weight is 327 g/mol. The molecule has 0 spiro atoms. The number of para-hydroxylation sites is 1. The van der Waals surface area contributed by atoms with Crippen LogP contribution in [0.2, 0.25) is 0 Å². The van der Waals surface area contributed by atoms with Crippen molar-refractivity contribution in [2.45, 2.75) is 6.92 Å². The summed E-state index contributed by atoms with van der Waals surface area (Å²) in [6.07, 6.45) is 0. The minimum atomic E-state index is 0.173. The number of aryl methyl sites for hydroxylation is 1. The highest BCUT2D eigenvalue weighted by Gasteiger charge is 2.12. The van der Waals surface area contributed by atoms with Gasteiger partial charge in [-0.2, -0.15) is 0 Å². The van der Waals surface area contributed by atoms with Gasteiger partial charge >= 0.3 is 0 Å². The molecule has 0 aliphatic carbocycles. The number of pyridine rings is 1. The summed E-state index contributed by atoms with van der Waals surface area (Å²) < 4.78 is 0. The predicted octanol–water partition coefficient (Wildman–Crippen LogP) is 5.29. The molecule has 3 aromatic carbocycles. The second kappa shape index (κ2) is 5.95. The summed E-state index contributed by atoms with van der Waals surface area (Å²) in [6, 6.07) is 23.1. The topological polar surface area (TPSA) is 53.4 Å². The van der Waals surface area contributed by atoms with Crippen LogP contribution in [0.4, 0.5) is 0 Å². The van der Waals surface area contributed by atoms with Crippen molar-refractivity contribution < 1.29 is 10.2 Å². The van der Waals surface area contributed by atoms with Crippen LogP contribution in [0.5, 0.6) is 11.5 Å². The average Bonchev–Trinajstić information content (AvgIpc) is 2.64. The second-order valence-corrected chi connectivity index (χ2v) is 6.07. The van der Waals surface area contributed by atoms with Crippen LogP contribution < -0.4 is 0 Å². The van der Waals surface area contributed by atoms with E-state index in [0.29, 0.717) is 5.69 Å². The largest absolute Gasteiger partial charge is 0.507 e. The van der Waals surface area contributed by atoms with E-state index in [1.807, 2.05) is 60.7 Å². The minimum absolute atomic E-state index is 0.173. The maximum absolute atomic E-state index is 10.4. The number of aromatic hydroxyl groups is 2. The molecule has 3 nitrogen and oxygen atoms in total. The lowest BCUT2D eigenvalue weighted by Crippen LogP contribution is -1.90. The van der Waals surface area contributed by atoms with Gasteiger partial charge in [-0.1, -0.05) is 54.6 Å². The normalized spacial score (nSPS) is 10.9. The standard InChI is InChI=1S/C22H17NO2/c1-14-21(25)13-17-8-5-9-18(22(17)23-14)19-12-16(10-11-20(19)24)15-6-3-2-4-7-15/h2-13,24-25H,1H3. The number of fused-ring (bicyclic) bond motifs is 1. The summed E-state index contributed by atoms with van der Waals surface area (Å²) in [5.74, 6) is 0.381. The summed E-state index contributed by atoms with van der Waals surface area (Å²) in [7, 11) is 0. The van der Waals surface area contributed by atoms with E-state index in [0.717, 1.165) is 33.2 Å². The van der Waals surface area contributed by atoms with Crippen molar-refractivity contribution in [3.63, 3.8) is 0 Å². The van der Waals surface area contributed by atoms with Gasteiger partial charge in [0, 0.05) is 16.5 Å². The third-order valence-electron chi connectivity index (χ3n) is 4.40. The Hall–Kier alpha value is -3.33. The molecule has 0 amide bonds. The van der Waals surface area contributed by atoms with Gasteiger partial charge in [0.05, 0.1) is 11.2 Å². The quantitative estimate of drug-likeness (QED) is 0.526. The predicted molar refractivity (Wildman–Crippen MR) is 101 cm³/mol. The van der Waals surface area contributed by atoms with Crippen LogP contribution in [0.15, 0.2) is 72.8 Å². The van der Waals surface area contributed by atoms with Crippen LogP contribution in [0.1, 0.15) is 5.69 Å². The highest BCUT2D eigenvalue weighted by atomic mass is 16.3. The minimum Gasteiger partial charge on any atom is -0.507 e. The summed E-state index contributed by atoms with van der Waals surface area (Å²) in [5.41, 5.74) is 5.02. The molecular weight excluding hydrogens is 310 g/mol. The van der Waals surface area contributed by atoms with E-state index in [4.69, 9.17) is 0 Å². The lowest BCUT2D eigenvalue weighted by atomic mass is 9.96. The maximum Gasteiger partial charge on any atom is 0.137 e. The van der Waals surface area contributed by atoms with E-state index >= 15 is 0 Å². The number of phenolic OH excluding ortho intramolecular Hbond substituents is 1. The molecule has 0 atom stereocenters. The number of hydrogen-bond acceptors (Lipinski definition) is 3. The lowest BCUT2D eigenvalue weighted by Gasteiger charge is -2.11. The fraction of sp³-hybridized carbons (Fsp3) is 0.0455. The van der Waals surface area contributed by atoms with Gasteiger partial charge < -0.3 is 10.2 Å². The van der Waals surface area contributed by atoms with Crippen LogP contribution in [0.3, 0.4) is 0 Å². The fourth-order valence-corrected chi connectivity index (χ4v) is 3.06. The van der Waals surface area contributed by atoms with Crippen LogP contribution in [-0.4, -0.2) is 15.2 Å². The fourth-order valence-electron chi connectivity index (χ4n) is 3.06. The van der Waals surface area contributed by atoms with Crippen molar-refractivity contribution in [1.82, 2.24) is 4.98 Å². The first-order valence-corrected chi connectivity index (χ1v) is 8.11. The molecule has 1 aromatic heterocycles. The molecule has 0 bridgehead atoms. The summed E-state index contributed by atoms with van der Waals surface area (Å²) in [5, 5.41) is 21.2. The lowest BCUT2D eigenvalue weighted by molar-refractivity contribution is 0.469. The van der Waals surface area contributed by atoms with Gasteiger partial charge in [-0.25, -0.2) is 4.98 Å². The van der Waals surface area contributed by atoms with Gasteiger partial charge in [0.25, 0.3) is 0 Å². The first kappa shape index (κ1) is 15.2. The molecule has 4 aromatic rings. The van der Waals surface area contributed by atoms with Crippen LogP contribution >= 0.6 is 0 Å². The third kappa shape index (κ3) is 2.70. The van der Waals surface area contributed by atoms with Crippen molar-refractivity contribution in [2.75, 3.05) is 0 Å². The summed E-state index contributed by atoms with van der Waals surface area (Å²) in [6.45, 7) is 1.77. The van der Waals surface area contributed by atoms with Crippen molar-refractivity contribution in [2.24, 2.45) is 0 Å². The molecule has 1 heterocycles. The molecule has 3 heteroatoms. The van der Waals surface area contributed by atoms with Gasteiger partial charge in [0.1, 0.15) is 11.5 Å². The number of aromatic nitrogens is 1. The molecule has 0 unspecified atom stereocenters. The Morgan fingerprint density at radius 3 is 2.28 bits per heavy atom. The molecule has 4 rings (SSSR count). The van der Waals surface area contributed by atoms with E-state index in [1.54, 1.807) is 19.1 Å². The Labute approximate surface area is 145 Å². The first-order chi connectivity index (χ1) is 12.1. The monoisotopic (exact) mass is 327 g/mol. The zero-order valence-electron chi connectivity index (χ0n) is 13.8. The van der Waals surface area contributed by atoms with E-state index in [2.05, 4.69) is 4.98 Å². The smallest absolute Gasteiger partial charge is 0.137 e. The first-order valence-electron chi connectivity index (χ1n) is 8.11. The molecule has 0 radical (unpaired) electrons. The van der Waals surface area contributed by atoms with Crippen LogP contribution in [-0.2, 0) is 0 Å².